The first-order valence-electron chi connectivity index (χ1n) is 6.22. The summed E-state index contributed by atoms with van der Waals surface area (Å²) in [6.07, 6.45) is 3.85. The number of nitrogens with one attached hydrogen (secondary N) is 1. The van der Waals surface area contributed by atoms with E-state index >= 15 is 0 Å². The van der Waals surface area contributed by atoms with Crippen molar-refractivity contribution in [2.45, 2.75) is 38.3 Å². The van der Waals surface area contributed by atoms with Gasteiger partial charge in [0.05, 0.1) is 0 Å². The Bertz CT molecular complexity index is 291. The summed E-state index contributed by atoms with van der Waals surface area (Å²) in [5.41, 5.74) is 0. The van der Waals surface area contributed by atoms with E-state index in [0.29, 0.717) is 6.04 Å². The van der Waals surface area contributed by atoms with Gasteiger partial charge >= 0.3 is 0 Å². The van der Waals surface area contributed by atoms with E-state index in [2.05, 4.69) is 41.7 Å². The number of nitrogens with zero attached hydrogens (tertiary/aromatic N) is 1. The Labute approximate surface area is 103 Å². The zero-order valence-electron chi connectivity index (χ0n) is 10.3. The molecule has 90 valence electrons. The van der Waals surface area contributed by atoms with Gasteiger partial charge in [0.1, 0.15) is 0 Å². The molecule has 0 saturated carbocycles. The van der Waals surface area contributed by atoms with Crippen LogP contribution >= 0.6 is 11.3 Å². The van der Waals surface area contributed by atoms with E-state index in [-0.39, 0.29) is 0 Å². The molecular weight excluding hydrogens is 216 g/mol. The second-order valence-electron chi connectivity index (χ2n) is 4.80. The lowest BCUT2D eigenvalue weighted by molar-refractivity contribution is 0.155. The summed E-state index contributed by atoms with van der Waals surface area (Å²) >= 11 is 1.87. The molecule has 2 unspecified atom stereocenters. The number of hydrogen-bond acceptors (Lipinski definition) is 3. The molecule has 1 fully saturated rings. The van der Waals surface area contributed by atoms with Gasteiger partial charge < -0.3 is 5.32 Å². The predicted molar refractivity (Wildman–Crippen MR) is 71.1 cm³/mol. The van der Waals surface area contributed by atoms with Crippen LogP contribution in [0, 0.1) is 0 Å². The molecule has 0 radical (unpaired) electrons. The van der Waals surface area contributed by atoms with Gasteiger partial charge in [0.2, 0.25) is 0 Å². The van der Waals surface area contributed by atoms with E-state index in [4.69, 9.17) is 0 Å². The van der Waals surface area contributed by atoms with Crippen LogP contribution in [-0.2, 0) is 6.42 Å². The smallest absolute Gasteiger partial charge is 0.0221 e. The maximum Gasteiger partial charge on any atom is 0.0221 e. The Hall–Kier alpha value is -0.380. The summed E-state index contributed by atoms with van der Waals surface area (Å²) < 4.78 is 0. The average molecular weight is 238 g/mol. The molecule has 0 aromatic carbocycles. The fourth-order valence-electron chi connectivity index (χ4n) is 2.40. The van der Waals surface area contributed by atoms with Gasteiger partial charge in [0, 0.05) is 23.5 Å². The molecule has 2 heterocycles. The van der Waals surface area contributed by atoms with Crippen LogP contribution in [0.15, 0.2) is 17.5 Å². The highest BCUT2D eigenvalue weighted by atomic mass is 32.1. The lowest BCUT2D eigenvalue weighted by Gasteiger charge is -2.35. The molecule has 1 N–H and O–H groups in total. The number of rotatable bonds is 4. The molecule has 1 aliphatic rings. The standard InChI is InChI=1S/C13H22N2S/c1-11(9-13-6-4-8-16-13)15(2)12-5-3-7-14-10-12/h4,6,8,11-12,14H,3,5,7,9-10H2,1-2H3. The molecule has 0 bridgehead atoms. The Morgan fingerprint density at radius 3 is 3.12 bits per heavy atom. The van der Waals surface area contributed by atoms with Gasteiger partial charge in [-0.15, -0.1) is 11.3 Å². The van der Waals surface area contributed by atoms with E-state index in [1.54, 1.807) is 0 Å². The molecule has 1 aromatic heterocycles. The van der Waals surface area contributed by atoms with Gasteiger partial charge in [-0.2, -0.15) is 0 Å². The van der Waals surface area contributed by atoms with Gasteiger partial charge in [-0.05, 0) is 51.2 Å². The molecular formula is C13H22N2S. The van der Waals surface area contributed by atoms with Crippen molar-refractivity contribution in [2.75, 3.05) is 20.1 Å². The lowest BCUT2D eigenvalue weighted by Crippen LogP contribution is -2.48. The highest BCUT2D eigenvalue weighted by Crippen LogP contribution is 2.17. The van der Waals surface area contributed by atoms with Crippen molar-refractivity contribution in [3.63, 3.8) is 0 Å². The summed E-state index contributed by atoms with van der Waals surface area (Å²) in [6.45, 7) is 4.70. The zero-order chi connectivity index (χ0) is 11.4. The highest BCUT2D eigenvalue weighted by Gasteiger charge is 2.21. The van der Waals surface area contributed by atoms with Crippen LogP contribution < -0.4 is 5.32 Å². The fourth-order valence-corrected chi connectivity index (χ4v) is 3.23. The van der Waals surface area contributed by atoms with Crippen molar-refractivity contribution in [1.29, 1.82) is 0 Å². The molecule has 1 aromatic rings. The minimum Gasteiger partial charge on any atom is -0.315 e. The first kappa shape index (κ1) is 12.1. The maximum atomic E-state index is 3.49. The molecule has 2 nitrogen and oxygen atoms in total. The topological polar surface area (TPSA) is 15.3 Å². The minimum atomic E-state index is 0.642. The Kier molecular flexibility index (Phi) is 4.38. The summed E-state index contributed by atoms with van der Waals surface area (Å²) in [5.74, 6) is 0. The molecule has 16 heavy (non-hydrogen) atoms. The van der Waals surface area contributed by atoms with Crippen molar-refractivity contribution >= 4 is 11.3 Å². The van der Waals surface area contributed by atoms with Crippen molar-refractivity contribution < 1.29 is 0 Å². The third-order valence-electron chi connectivity index (χ3n) is 3.62. The quantitative estimate of drug-likeness (QED) is 0.866. The molecule has 0 aliphatic carbocycles. The third-order valence-corrected chi connectivity index (χ3v) is 4.52. The molecule has 2 rings (SSSR count). The average Bonchev–Trinajstić information content (AvgIpc) is 2.82. The third kappa shape index (κ3) is 3.06. The molecule has 1 saturated heterocycles. The second-order valence-corrected chi connectivity index (χ2v) is 5.83. The number of likely N-dealkylation sites (N-methyl/N-ethyl adjacent to an activating group) is 1. The predicted octanol–water partition coefficient (Wildman–Crippen LogP) is 2.36. The van der Waals surface area contributed by atoms with E-state index in [1.165, 1.54) is 30.7 Å². The number of thiophene rings is 1. The highest BCUT2D eigenvalue weighted by molar-refractivity contribution is 7.09. The van der Waals surface area contributed by atoms with Crippen molar-refractivity contribution in [1.82, 2.24) is 10.2 Å². The molecule has 2 atom stereocenters. The van der Waals surface area contributed by atoms with Crippen LogP contribution in [0.5, 0.6) is 0 Å². The van der Waals surface area contributed by atoms with Crippen molar-refractivity contribution in [3.8, 4) is 0 Å². The normalized spacial score (nSPS) is 23.6. The lowest BCUT2D eigenvalue weighted by atomic mass is 10.0. The van der Waals surface area contributed by atoms with Crippen molar-refractivity contribution in [3.05, 3.63) is 22.4 Å². The Balaban J connectivity index is 1.85. The van der Waals surface area contributed by atoms with Gasteiger partial charge in [0.15, 0.2) is 0 Å². The van der Waals surface area contributed by atoms with Crippen LogP contribution in [-0.4, -0.2) is 37.1 Å². The number of piperidine rings is 1. The zero-order valence-corrected chi connectivity index (χ0v) is 11.1. The summed E-state index contributed by atoms with van der Waals surface area (Å²) in [6, 6.07) is 5.76. The van der Waals surface area contributed by atoms with Crippen molar-refractivity contribution in [2.24, 2.45) is 0 Å². The van der Waals surface area contributed by atoms with Gasteiger partial charge in [-0.25, -0.2) is 0 Å². The summed E-state index contributed by atoms with van der Waals surface area (Å²) in [4.78, 5) is 4.05. The minimum absolute atomic E-state index is 0.642. The first-order valence-corrected chi connectivity index (χ1v) is 7.10. The van der Waals surface area contributed by atoms with Crippen LogP contribution in [0.25, 0.3) is 0 Å². The molecule has 3 heteroatoms. The summed E-state index contributed by atoms with van der Waals surface area (Å²) in [7, 11) is 2.27. The fraction of sp³-hybridized carbons (Fsp3) is 0.692. The van der Waals surface area contributed by atoms with Crippen LogP contribution in [0.3, 0.4) is 0 Å². The van der Waals surface area contributed by atoms with E-state index in [9.17, 15) is 0 Å². The molecule has 0 amide bonds. The van der Waals surface area contributed by atoms with Crippen LogP contribution in [0.4, 0.5) is 0 Å². The Morgan fingerprint density at radius 1 is 1.62 bits per heavy atom. The van der Waals surface area contributed by atoms with Crippen LogP contribution in [0.1, 0.15) is 24.6 Å². The largest absolute Gasteiger partial charge is 0.315 e. The maximum absolute atomic E-state index is 3.49. The Morgan fingerprint density at radius 2 is 2.50 bits per heavy atom. The SMILES string of the molecule is CC(Cc1cccs1)N(C)C1CCCNC1. The summed E-state index contributed by atoms with van der Waals surface area (Å²) in [5, 5.41) is 5.66. The van der Waals surface area contributed by atoms with E-state index < -0.39 is 0 Å². The molecule has 1 aliphatic heterocycles. The van der Waals surface area contributed by atoms with E-state index in [0.717, 1.165) is 12.6 Å². The van der Waals surface area contributed by atoms with Gasteiger partial charge in [-0.3, -0.25) is 4.90 Å². The van der Waals surface area contributed by atoms with Gasteiger partial charge in [0.25, 0.3) is 0 Å². The monoisotopic (exact) mass is 238 g/mol. The number of hydrogen-bond donors (Lipinski definition) is 1. The first-order chi connectivity index (χ1) is 7.77. The van der Waals surface area contributed by atoms with E-state index in [1.807, 2.05) is 11.3 Å². The van der Waals surface area contributed by atoms with Gasteiger partial charge in [-0.1, -0.05) is 6.07 Å². The second kappa shape index (κ2) is 5.80. The van der Waals surface area contributed by atoms with Crippen LogP contribution in [0.2, 0.25) is 0 Å². The molecule has 0 spiro atoms.